The number of carbonyl (C=O) groups excluding carboxylic acids is 1. The van der Waals surface area contributed by atoms with Crippen LogP contribution in [0.25, 0.3) is 0 Å². The van der Waals surface area contributed by atoms with Gasteiger partial charge in [-0.2, -0.15) is 0 Å². The van der Waals surface area contributed by atoms with Crippen LogP contribution in [0.2, 0.25) is 5.02 Å². The summed E-state index contributed by atoms with van der Waals surface area (Å²) in [6.45, 7) is 1.12. The summed E-state index contributed by atoms with van der Waals surface area (Å²) >= 11 is 5.84. The van der Waals surface area contributed by atoms with Crippen molar-refractivity contribution in [2.75, 3.05) is 25.5 Å². The first kappa shape index (κ1) is 14.3. The van der Waals surface area contributed by atoms with E-state index in [1.54, 1.807) is 24.3 Å². The monoisotopic (exact) mass is 282 g/mol. The second kappa shape index (κ2) is 6.89. The highest BCUT2D eigenvalue weighted by molar-refractivity contribution is 6.30. The first-order valence-corrected chi connectivity index (χ1v) is 6.87. The maximum Gasteiger partial charge on any atom is 0.250 e. The molecule has 1 saturated carbocycles. The lowest BCUT2D eigenvalue weighted by Crippen LogP contribution is -2.38. The van der Waals surface area contributed by atoms with Gasteiger partial charge in [0, 0.05) is 10.7 Å². The van der Waals surface area contributed by atoms with Crippen molar-refractivity contribution in [3.8, 4) is 0 Å². The Kier molecular flexibility index (Phi) is 5.19. The van der Waals surface area contributed by atoms with Gasteiger partial charge in [0.2, 0.25) is 5.91 Å². The molecular weight excluding hydrogens is 264 g/mol. The SMILES string of the molecule is CNCC1CC(OCC(=O)Nc2cccc(Cl)c2)C1. The Balaban J connectivity index is 1.66. The molecule has 0 unspecified atom stereocenters. The number of halogens is 1. The molecule has 0 bridgehead atoms. The summed E-state index contributed by atoms with van der Waals surface area (Å²) in [4.78, 5) is 11.7. The molecular formula is C14H19ClN2O2. The summed E-state index contributed by atoms with van der Waals surface area (Å²) in [6, 6.07) is 7.08. The fourth-order valence-corrected chi connectivity index (χ4v) is 2.41. The van der Waals surface area contributed by atoms with Crippen LogP contribution in [0, 0.1) is 5.92 Å². The highest BCUT2D eigenvalue weighted by Crippen LogP contribution is 2.29. The Bertz CT molecular complexity index is 433. The number of amides is 1. The molecule has 0 atom stereocenters. The summed E-state index contributed by atoms with van der Waals surface area (Å²) in [5, 5.41) is 6.51. The number of benzene rings is 1. The van der Waals surface area contributed by atoms with Gasteiger partial charge in [-0.25, -0.2) is 0 Å². The average Bonchev–Trinajstić information content (AvgIpc) is 2.32. The van der Waals surface area contributed by atoms with Crippen molar-refractivity contribution in [3.63, 3.8) is 0 Å². The second-order valence-corrected chi connectivity index (χ2v) is 5.32. The van der Waals surface area contributed by atoms with E-state index < -0.39 is 0 Å². The smallest absolute Gasteiger partial charge is 0.250 e. The number of rotatable bonds is 6. The predicted octanol–water partition coefficient (Wildman–Crippen LogP) is 2.29. The van der Waals surface area contributed by atoms with Gasteiger partial charge in [-0.05, 0) is 50.6 Å². The van der Waals surface area contributed by atoms with Crippen LogP contribution < -0.4 is 10.6 Å². The Labute approximate surface area is 118 Å². The lowest BCUT2D eigenvalue weighted by Gasteiger charge is -2.34. The molecule has 0 aliphatic heterocycles. The molecule has 0 saturated heterocycles. The first-order valence-electron chi connectivity index (χ1n) is 6.49. The summed E-state index contributed by atoms with van der Waals surface area (Å²) in [5.74, 6) is 0.547. The highest BCUT2D eigenvalue weighted by Gasteiger charge is 2.29. The van der Waals surface area contributed by atoms with E-state index in [1.165, 1.54) is 0 Å². The zero-order valence-corrected chi connectivity index (χ0v) is 11.7. The molecule has 1 aliphatic carbocycles. The summed E-state index contributed by atoms with van der Waals surface area (Å²) < 4.78 is 5.55. The molecule has 1 amide bonds. The summed E-state index contributed by atoms with van der Waals surface area (Å²) in [5.41, 5.74) is 0.697. The number of nitrogens with one attached hydrogen (secondary N) is 2. The molecule has 4 nitrogen and oxygen atoms in total. The van der Waals surface area contributed by atoms with Crippen molar-refractivity contribution in [1.29, 1.82) is 0 Å². The normalized spacial score (nSPS) is 21.8. The Hall–Kier alpha value is -1.10. The quantitative estimate of drug-likeness (QED) is 0.842. The van der Waals surface area contributed by atoms with Crippen molar-refractivity contribution in [3.05, 3.63) is 29.3 Å². The van der Waals surface area contributed by atoms with Crippen molar-refractivity contribution >= 4 is 23.2 Å². The van der Waals surface area contributed by atoms with Crippen LogP contribution in [-0.4, -0.2) is 32.2 Å². The zero-order chi connectivity index (χ0) is 13.7. The Morgan fingerprint density at radius 2 is 2.26 bits per heavy atom. The molecule has 104 valence electrons. The fraction of sp³-hybridized carbons (Fsp3) is 0.500. The van der Waals surface area contributed by atoms with Gasteiger partial charge in [0.1, 0.15) is 6.61 Å². The van der Waals surface area contributed by atoms with Gasteiger partial charge in [0.25, 0.3) is 0 Å². The van der Waals surface area contributed by atoms with E-state index in [0.29, 0.717) is 16.6 Å². The van der Waals surface area contributed by atoms with Crippen LogP contribution in [0.4, 0.5) is 5.69 Å². The van der Waals surface area contributed by atoms with Gasteiger partial charge in [-0.1, -0.05) is 17.7 Å². The number of anilines is 1. The molecule has 1 fully saturated rings. The molecule has 0 heterocycles. The third-order valence-electron chi connectivity index (χ3n) is 3.24. The van der Waals surface area contributed by atoms with Crippen molar-refractivity contribution in [1.82, 2.24) is 5.32 Å². The van der Waals surface area contributed by atoms with Gasteiger partial charge >= 0.3 is 0 Å². The molecule has 1 aromatic carbocycles. The number of hydrogen-bond donors (Lipinski definition) is 2. The molecule has 19 heavy (non-hydrogen) atoms. The maximum atomic E-state index is 11.7. The van der Waals surface area contributed by atoms with Crippen LogP contribution in [0.3, 0.4) is 0 Å². The van der Waals surface area contributed by atoms with Gasteiger partial charge in [-0.15, -0.1) is 0 Å². The molecule has 0 aromatic heterocycles. The van der Waals surface area contributed by atoms with E-state index in [1.807, 2.05) is 7.05 Å². The summed E-state index contributed by atoms with van der Waals surface area (Å²) in [6.07, 6.45) is 2.29. The molecule has 0 radical (unpaired) electrons. The molecule has 0 spiro atoms. The third kappa shape index (κ3) is 4.49. The first-order chi connectivity index (χ1) is 9.17. The molecule has 1 aliphatic rings. The van der Waals surface area contributed by atoms with Crippen molar-refractivity contribution in [2.45, 2.75) is 18.9 Å². The predicted molar refractivity (Wildman–Crippen MR) is 76.5 cm³/mol. The van der Waals surface area contributed by atoms with Crippen LogP contribution >= 0.6 is 11.6 Å². The van der Waals surface area contributed by atoms with Crippen molar-refractivity contribution in [2.24, 2.45) is 5.92 Å². The van der Waals surface area contributed by atoms with Crippen LogP contribution in [0.15, 0.2) is 24.3 Å². The van der Waals surface area contributed by atoms with Gasteiger partial charge in [0.15, 0.2) is 0 Å². The summed E-state index contributed by atoms with van der Waals surface area (Å²) in [7, 11) is 1.95. The van der Waals surface area contributed by atoms with Crippen LogP contribution in [0.1, 0.15) is 12.8 Å². The lowest BCUT2D eigenvalue weighted by atomic mass is 9.82. The van der Waals surface area contributed by atoms with E-state index in [4.69, 9.17) is 16.3 Å². The minimum absolute atomic E-state index is 0.101. The third-order valence-corrected chi connectivity index (χ3v) is 3.48. The molecule has 2 N–H and O–H groups in total. The standard InChI is InChI=1S/C14H19ClN2O2/c1-16-8-10-5-13(6-10)19-9-14(18)17-12-4-2-3-11(15)7-12/h2-4,7,10,13,16H,5-6,8-9H2,1H3,(H,17,18). The van der Waals surface area contributed by atoms with E-state index >= 15 is 0 Å². The number of hydrogen-bond acceptors (Lipinski definition) is 3. The fourth-order valence-electron chi connectivity index (χ4n) is 2.22. The highest BCUT2D eigenvalue weighted by atomic mass is 35.5. The van der Waals surface area contributed by atoms with E-state index in [-0.39, 0.29) is 18.6 Å². The van der Waals surface area contributed by atoms with Gasteiger partial charge in [-0.3, -0.25) is 4.79 Å². The van der Waals surface area contributed by atoms with Crippen molar-refractivity contribution < 1.29 is 9.53 Å². The minimum atomic E-state index is -0.140. The van der Waals surface area contributed by atoms with Crippen LogP contribution in [0.5, 0.6) is 0 Å². The molecule has 2 rings (SSSR count). The maximum absolute atomic E-state index is 11.7. The van der Waals surface area contributed by atoms with Gasteiger partial charge in [0.05, 0.1) is 6.10 Å². The lowest BCUT2D eigenvalue weighted by molar-refractivity contribution is -0.125. The second-order valence-electron chi connectivity index (χ2n) is 4.89. The number of ether oxygens (including phenoxy) is 1. The Morgan fingerprint density at radius 1 is 1.47 bits per heavy atom. The number of carbonyl (C=O) groups is 1. The minimum Gasteiger partial charge on any atom is -0.368 e. The van der Waals surface area contributed by atoms with E-state index in [2.05, 4.69) is 10.6 Å². The van der Waals surface area contributed by atoms with E-state index in [9.17, 15) is 4.79 Å². The zero-order valence-electron chi connectivity index (χ0n) is 11.0. The molecule has 1 aromatic rings. The largest absolute Gasteiger partial charge is 0.368 e. The van der Waals surface area contributed by atoms with Gasteiger partial charge < -0.3 is 15.4 Å². The average molecular weight is 283 g/mol. The van der Waals surface area contributed by atoms with E-state index in [0.717, 1.165) is 19.4 Å². The Morgan fingerprint density at radius 3 is 2.95 bits per heavy atom. The molecule has 5 heteroatoms. The topological polar surface area (TPSA) is 50.4 Å². The van der Waals surface area contributed by atoms with Crippen LogP contribution in [-0.2, 0) is 9.53 Å².